The normalized spacial score (nSPS) is 11.2. The Bertz CT molecular complexity index is 4530. The molecule has 4 nitrogen and oxygen atoms in total. The van der Waals surface area contributed by atoms with Crippen molar-refractivity contribution in [1.82, 2.24) is 19.7 Å². The number of benzene rings is 11. The fourth-order valence-electron chi connectivity index (χ4n) is 11.4. The minimum Gasteiger partial charge on any atom is -0.256 e. The Morgan fingerprint density at radius 2 is 0.654 bits per heavy atom. The molecular weight excluding hydrogens is 981 g/mol. The van der Waals surface area contributed by atoms with E-state index >= 15 is 0 Å². The van der Waals surface area contributed by atoms with Gasteiger partial charge in [0.2, 0.25) is 0 Å². The maximum absolute atomic E-state index is 4.96. The summed E-state index contributed by atoms with van der Waals surface area (Å²) in [6, 6.07) is 107. The van der Waals surface area contributed by atoms with Crippen LogP contribution in [0.3, 0.4) is 0 Å². The maximum atomic E-state index is 4.96. The molecule has 0 fully saturated rings. The topological polar surface area (TPSA) is 43.6 Å². The van der Waals surface area contributed by atoms with Gasteiger partial charge in [0.05, 0.1) is 28.8 Å². The number of fused-ring (bicyclic) bond motifs is 1. The molecule has 0 amide bonds. The van der Waals surface area contributed by atoms with E-state index in [2.05, 4.69) is 290 Å². The Hall–Kier alpha value is -10.8. The van der Waals surface area contributed by atoms with E-state index in [0.29, 0.717) is 0 Å². The van der Waals surface area contributed by atoms with Crippen molar-refractivity contribution in [3.63, 3.8) is 0 Å². The molecule has 0 aliphatic rings. The smallest absolute Gasteiger partial charge is 0.0741 e. The fourth-order valence-corrected chi connectivity index (χ4v) is 11.4. The summed E-state index contributed by atoms with van der Waals surface area (Å²) in [5, 5.41) is 5.88. The summed E-state index contributed by atoms with van der Waals surface area (Å²) in [5.74, 6) is 0. The zero-order valence-corrected chi connectivity index (χ0v) is 44.3. The molecular formula is C77H52N4. The molecule has 0 unspecified atom stereocenters. The van der Waals surface area contributed by atoms with E-state index in [1.54, 1.807) is 0 Å². The maximum Gasteiger partial charge on any atom is 0.0741 e. The minimum absolute atomic E-state index is 0.920. The van der Waals surface area contributed by atoms with Gasteiger partial charge in [-0.1, -0.05) is 231 Å². The van der Waals surface area contributed by atoms with Crippen molar-refractivity contribution in [1.29, 1.82) is 0 Å². The van der Waals surface area contributed by atoms with Gasteiger partial charge in [-0.3, -0.25) is 9.97 Å². The van der Waals surface area contributed by atoms with Gasteiger partial charge in [-0.2, -0.15) is 5.10 Å². The second kappa shape index (κ2) is 21.5. The molecule has 3 heterocycles. The zero-order valence-electron chi connectivity index (χ0n) is 44.3. The predicted molar refractivity (Wildman–Crippen MR) is 336 cm³/mol. The lowest BCUT2D eigenvalue weighted by Gasteiger charge is -2.19. The third-order valence-electron chi connectivity index (χ3n) is 15.5. The molecule has 0 saturated carbocycles. The second-order valence-electron chi connectivity index (χ2n) is 20.4. The van der Waals surface area contributed by atoms with Crippen LogP contribution in [-0.4, -0.2) is 19.7 Å². The first kappa shape index (κ1) is 48.6. The van der Waals surface area contributed by atoms with Crippen molar-refractivity contribution in [3.8, 4) is 128 Å². The van der Waals surface area contributed by atoms with Crippen molar-refractivity contribution in [2.24, 2.45) is 0 Å². The van der Waals surface area contributed by atoms with E-state index in [1.165, 1.54) is 11.1 Å². The molecule has 14 rings (SSSR count). The van der Waals surface area contributed by atoms with E-state index in [9.17, 15) is 0 Å². The van der Waals surface area contributed by atoms with Crippen LogP contribution >= 0.6 is 0 Å². The van der Waals surface area contributed by atoms with Gasteiger partial charge in [-0.15, -0.1) is 0 Å². The molecule has 3 aromatic heterocycles. The highest BCUT2D eigenvalue weighted by Gasteiger charge is 2.20. The van der Waals surface area contributed by atoms with E-state index < -0.39 is 0 Å². The first-order valence-electron chi connectivity index (χ1n) is 27.5. The molecule has 0 bridgehead atoms. The van der Waals surface area contributed by atoms with Crippen LogP contribution in [-0.2, 0) is 0 Å². The lowest BCUT2D eigenvalue weighted by atomic mass is 9.84. The summed E-state index contributed by atoms with van der Waals surface area (Å²) >= 11 is 0. The lowest BCUT2D eigenvalue weighted by molar-refractivity contribution is 0.911. The quantitative estimate of drug-likeness (QED) is 0.122. The number of nitrogens with zero attached hydrogens (tertiary/aromatic N) is 4. The SMILES string of the molecule is c1ccc(-c2ccc(-c3cc(-c4cc(-c5ccccc5)ccn4)ccc3-c3ccccc3-c3cc(-c4ccccc4-c4ccc(-c5ccccn5)cc4)cc(-c4ccccc4-c4ccc(-n5ncc6ccccc65)cc4)c3)cc2)cc1. The highest BCUT2D eigenvalue weighted by molar-refractivity contribution is 5.98. The van der Waals surface area contributed by atoms with E-state index in [-0.39, 0.29) is 0 Å². The van der Waals surface area contributed by atoms with Crippen LogP contribution < -0.4 is 0 Å². The van der Waals surface area contributed by atoms with Gasteiger partial charge >= 0.3 is 0 Å². The Morgan fingerprint density at radius 1 is 0.222 bits per heavy atom. The summed E-state index contributed by atoms with van der Waals surface area (Å²) < 4.78 is 2.01. The molecule has 4 heteroatoms. The largest absolute Gasteiger partial charge is 0.256 e. The third-order valence-corrected chi connectivity index (χ3v) is 15.5. The van der Waals surface area contributed by atoms with Crippen LogP contribution in [0, 0.1) is 0 Å². The lowest BCUT2D eigenvalue weighted by Crippen LogP contribution is -1.96. The van der Waals surface area contributed by atoms with Crippen LogP contribution in [0.4, 0.5) is 0 Å². The second-order valence-corrected chi connectivity index (χ2v) is 20.4. The Labute approximate surface area is 472 Å². The highest BCUT2D eigenvalue weighted by Crippen LogP contribution is 2.45. The van der Waals surface area contributed by atoms with Crippen LogP contribution in [0.1, 0.15) is 0 Å². The van der Waals surface area contributed by atoms with Crippen LogP contribution in [0.2, 0.25) is 0 Å². The summed E-state index contributed by atoms with van der Waals surface area (Å²) in [5.41, 5.74) is 26.6. The van der Waals surface area contributed by atoms with Crippen molar-refractivity contribution in [3.05, 3.63) is 316 Å². The monoisotopic (exact) mass is 1030 g/mol. The first-order chi connectivity index (χ1) is 40.1. The van der Waals surface area contributed by atoms with Gasteiger partial charge in [0.25, 0.3) is 0 Å². The molecule has 0 atom stereocenters. The Balaban J connectivity index is 0.934. The molecule has 380 valence electrons. The summed E-state index contributed by atoms with van der Waals surface area (Å²) in [6.45, 7) is 0. The summed E-state index contributed by atoms with van der Waals surface area (Å²) in [6.07, 6.45) is 5.70. The van der Waals surface area contributed by atoms with E-state index in [0.717, 1.165) is 128 Å². The standard InChI is InChI=1S/C77H52N4/c1-3-17-53(18-4-1)55-30-32-58(33-31-55)74-50-61(76-51-60(44-46-79-76)54-19-5-2-6-20-54)40-43-73(74)72-27-13-12-26-71(72)65-48-63(69-24-10-8-22-67(69)56-34-36-59(37-35-56)75-28-15-16-45-78-75)47-64(49-65)70-25-11-9-23-68(70)57-38-41-66(42-39-57)81-77-29-14-7-21-62(77)52-80-81/h1-52H. The third kappa shape index (κ3) is 9.73. The van der Waals surface area contributed by atoms with Crippen molar-refractivity contribution in [2.75, 3.05) is 0 Å². The molecule has 0 aliphatic carbocycles. The fraction of sp³-hybridized carbons (Fsp3) is 0. The van der Waals surface area contributed by atoms with Gasteiger partial charge in [0.1, 0.15) is 0 Å². The molecule has 0 spiro atoms. The predicted octanol–water partition coefficient (Wildman–Crippen LogP) is 20.2. The average Bonchev–Trinajstić information content (AvgIpc) is 4.01. The minimum atomic E-state index is 0.920. The summed E-state index contributed by atoms with van der Waals surface area (Å²) in [7, 11) is 0. The molecule has 0 radical (unpaired) electrons. The number of rotatable bonds is 12. The van der Waals surface area contributed by atoms with Gasteiger partial charge in [0.15, 0.2) is 0 Å². The van der Waals surface area contributed by atoms with E-state index in [1.807, 2.05) is 35.4 Å². The zero-order chi connectivity index (χ0) is 53.9. The van der Waals surface area contributed by atoms with Gasteiger partial charge < -0.3 is 0 Å². The number of hydrogen-bond acceptors (Lipinski definition) is 3. The Kier molecular flexibility index (Phi) is 12.9. The van der Waals surface area contributed by atoms with Crippen LogP contribution in [0.5, 0.6) is 0 Å². The summed E-state index contributed by atoms with van der Waals surface area (Å²) in [4.78, 5) is 9.60. The molecule has 0 saturated heterocycles. The van der Waals surface area contributed by atoms with Crippen molar-refractivity contribution in [2.45, 2.75) is 0 Å². The number of pyridine rings is 2. The molecule has 14 aromatic rings. The Morgan fingerprint density at radius 3 is 1.26 bits per heavy atom. The molecule has 0 aliphatic heterocycles. The molecule has 81 heavy (non-hydrogen) atoms. The van der Waals surface area contributed by atoms with Gasteiger partial charge in [-0.25, -0.2) is 4.68 Å². The van der Waals surface area contributed by atoms with Crippen molar-refractivity contribution >= 4 is 10.9 Å². The molecule has 11 aromatic carbocycles. The number of aromatic nitrogens is 4. The van der Waals surface area contributed by atoms with Gasteiger partial charge in [0, 0.05) is 28.9 Å². The van der Waals surface area contributed by atoms with Crippen molar-refractivity contribution < 1.29 is 0 Å². The number of hydrogen-bond donors (Lipinski definition) is 0. The van der Waals surface area contributed by atoms with Crippen LogP contribution in [0.25, 0.3) is 139 Å². The molecule has 0 N–H and O–H groups in total. The first-order valence-corrected chi connectivity index (χ1v) is 27.5. The van der Waals surface area contributed by atoms with E-state index in [4.69, 9.17) is 10.1 Å². The average molecular weight is 1030 g/mol. The van der Waals surface area contributed by atoms with Gasteiger partial charge in [-0.05, 0) is 167 Å². The van der Waals surface area contributed by atoms with Crippen LogP contribution in [0.15, 0.2) is 316 Å². The highest BCUT2D eigenvalue weighted by atomic mass is 15.3. The number of para-hydroxylation sites is 1.